The Morgan fingerprint density at radius 1 is 0.929 bits per heavy atom. The van der Waals surface area contributed by atoms with Gasteiger partial charge in [-0.05, 0) is 0 Å². The van der Waals surface area contributed by atoms with Crippen molar-refractivity contribution >= 4 is 33.5 Å². The molecule has 3 saturated carbocycles. The van der Waals surface area contributed by atoms with Crippen LogP contribution in [0.1, 0.15) is 102 Å². The second-order valence-electron chi connectivity index (χ2n) is 16.2. The van der Waals surface area contributed by atoms with Crippen LogP contribution in [0.3, 0.4) is 0 Å². The van der Waals surface area contributed by atoms with E-state index in [1.165, 1.54) is 4.46 Å². The fraction of sp³-hybridized carbons (Fsp3) is 0.806. The van der Waals surface area contributed by atoms with Crippen LogP contribution in [0.5, 0.6) is 0 Å². The van der Waals surface area contributed by atoms with E-state index in [1.54, 1.807) is 0 Å². The van der Waals surface area contributed by atoms with E-state index in [0.29, 0.717) is 40.2 Å². The molecule has 236 valence electrons. The summed E-state index contributed by atoms with van der Waals surface area (Å²) < 4.78 is 22.5. The maximum atomic E-state index is 14.0. The van der Waals surface area contributed by atoms with E-state index in [9.17, 15) is 4.79 Å². The van der Waals surface area contributed by atoms with Crippen LogP contribution in [-0.4, -0.2) is 53.7 Å². The van der Waals surface area contributed by atoms with Crippen molar-refractivity contribution in [1.29, 1.82) is 0 Å². The van der Waals surface area contributed by atoms with Crippen LogP contribution < -0.4 is 4.46 Å². The van der Waals surface area contributed by atoms with E-state index in [-0.39, 0.29) is 48.7 Å². The summed E-state index contributed by atoms with van der Waals surface area (Å²) in [5, 5.41) is 0. The van der Waals surface area contributed by atoms with Crippen LogP contribution in [0.4, 0.5) is 0 Å². The van der Waals surface area contributed by atoms with Crippen molar-refractivity contribution in [3.8, 4) is 0 Å². The molecule has 42 heavy (non-hydrogen) atoms. The number of Topliss-reactive ketones (excluding diaryl/α,β-unsaturated/α-hetero) is 1. The number of hydrogen-bond donors (Lipinski definition) is 0. The first-order valence-electron chi connectivity index (χ1n) is 16.8. The van der Waals surface area contributed by atoms with E-state index < -0.39 is 14.1 Å². The van der Waals surface area contributed by atoms with Gasteiger partial charge in [0.25, 0.3) is 0 Å². The molecule has 1 aliphatic heterocycles. The van der Waals surface area contributed by atoms with Gasteiger partial charge in [-0.25, -0.2) is 0 Å². The van der Waals surface area contributed by atoms with E-state index in [1.807, 2.05) is 0 Å². The minimum absolute atomic E-state index is 0.000673. The summed E-state index contributed by atoms with van der Waals surface area (Å²) in [7, 11) is -2.06. The molecule has 1 unspecified atom stereocenters. The van der Waals surface area contributed by atoms with Gasteiger partial charge in [0.1, 0.15) is 0 Å². The molecule has 0 N–H and O–H groups in total. The summed E-state index contributed by atoms with van der Waals surface area (Å²) in [5.74, 6) is 1.11. The third-order valence-corrected chi connectivity index (χ3v) is 20.9. The third kappa shape index (κ3) is 5.36. The standard InChI is InChI=1S/C36H58O4SeSi/c1-22(2)42(23(3)4,24(5)6)38-21-36-18-17-28-26(8)30(37)29(41-27-15-13-12-14-16-27)20-35(28,11)33(36)32-31(25(7)19-36)39-34(9,10)40-32/h12-16,22-26,28-29,31-33H,17-21H2,1-11H3/t25-,26+,28+,29?,31-,32-,33-,35+,36+/m1/s1. The summed E-state index contributed by atoms with van der Waals surface area (Å²) in [4.78, 5) is 14.1. The average Bonchev–Trinajstić information content (AvgIpc) is 3.22. The van der Waals surface area contributed by atoms with Gasteiger partial charge in [0.15, 0.2) is 0 Å². The van der Waals surface area contributed by atoms with Crippen LogP contribution in [0.25, 0.3) is 0 Å². The molecular weight excluding hydrogens is 603 g/mol. The van der Waals surface area contributed by atoms with Gasteiger partial charge in [-0.15, -0.1) is 0 Å². The molecule has 3 aliphatic carbocycles. The molecule has 0 radical (unpaired) electrons. The quantitative estimate of drug-likeness (QED) is 0.264. The Kier molecular flexibility index (Phi) is 9.16. The molecule has 9 atom stereocenters. The van der Waals surface area contributed by atoms with Gasteiger partial charge < -0.3 is 0 Å². The fourth-order valence-corrected chi connectivity index (χ4v) is 19.4. The SMILES string of the molecule is CC(C)[Si](OC[C@@]12CC[C@H]3[C@H](C)C(=O)C([Se]c4ccccc4)C[C@]3(C)[C@H]1[C@@H]1OC(C)(C)O[C@@H]1[C@H](C)C2)(C(C)C)C(C)C. The number of fused-ring (bicyclic) bond motifs is 5. The normalized spacial score (nSPS) is 39.9. The van der Waals surface area contributed by atoms with Gasteiger partial charge in [0.05, 0.1) is 0 Å². The second-order valence-corrected chi connectivity index (χ2v) is 24.3. The maximum absolute atomic E-state index is 14.0. The van der Waals surface area contributed by atoms with Crippen molar-refractivity contribution in [2.45, 2.75) is 141 Å². The molecule has 1 heterocycles. The Morgan fingerprint density at radius 2 is 1.52 bits per heavy atom. The summed E-state index contributed by atoms with van der Waals surface area (Å²) in [6.45, 7) is 26.6. The van der Waals surface area contributed by atoms with Crippen molar-refractivity contribution in [3.05, 3.63) is 30.3 Å². The van der Waals surface area contributed by atoms with Gasteiger partial charge >= 0.3 is 265 Å². The summed E-state index contributed by atoms with van der Waals surface area (Å²) in [6, 6.07) is 10.8. The molecule has 1 aromatic rings. The number of ketones is 1. The summed E-state index contributed by atoms with van der Waals surface area (Å²) >= 11 is 0.125. The number of carbonyl (C=O) groups excluding carboxylic acids is 1. The van der Waals surface area contributed by atoms with E-state index in [2.05, 4.69) is 106 Å². The zero-order valence-corrected chi connectivity index (χ0v) is 31.0. The molecule has 4 nitrogen and oxygen atoms in total. The van der Waals surface area contributed by atoms with Crippen molar-refractivity contribution in [3.63, 3.8) is 0 Å². The van der Waals surface area contributed by atoms with Gasteiger partial charge in [-0.1, -0.05) is 0 Å². The molecule has 0 bridgehead atoms. The summed E-state index contributed by atoms with van der Waals surface area (Å²) in [5.41, 5.74) is 1.72. The predicted octanol–water partition coefficient (Wildman–Crippen LogP) is 8.18. The Hall–Kier alpha value is -0.494. The monoisotopic (exact) mass is 662 g/mol. The van der Waals surface area contributed by atoms with E-state index in [0.717, 1.165) is 32.3 Å². The molecule has 4 aliphatic rings. The Balaban J connectivity index is 1.58. The predicted molar refractivity (Wildman–Crippen MR) is 176 cm³/mol. The fourth-order valence-electron chi connectivity index (χ4n) is 10.9. The molecule has 6 heteroatoms. The number of rotatable bonds is 8. The van der Waals surface area contributed by atoms with E-state index >= 15 is 0 Å². The van der Waals surface area contributed by atoms with Gasteiger partial charge in [-0.2, -0.15) is 0 Å². The van der Waals surface area contributed by atoms with Crippen LogP contribution in [0, 0.1) is 34.5 Å². The van der Waals surface area contributed by atoms with Crippen molar-refractivity contribution in [1.82, 2.24) is 0 Å². The molecule has 0 spiro atoms. The zero-order valence-electron chi connectivity index (χ0n) is 28.2. The molecular formula is C36H58O4SeSi. The van der Waals surface area contributed by atoms with Crippen LogP contribution >= 0.6 is 0 Å². The molecule has 0 aromatic heterocycles. The van der Waals surface area contributed by atoms with Gasteiger partial charge in [0, 0.05) is 0 Å². The van der Waals surface area contributed by atoms with Crippen LogP contribution in [-0.2, 0) is 18.7 Å². The first-order valence-corrected chi connectivity index (χ1v) is 20.8. The Bertz CT molecular complexity index is 1100. The Labute approximate surface area is 264 Å². The first-order chi connectivity index (χ1) is 19.6. The summed E-state index contributed by atoms with van der Waals surface area (Å²) in [6.07, 6.45) is 4.46. The number of benzene rings is 1. The minimum atomic E-state index is -2.06. The third-order valence-electron chi connectivity index (χ3n) is 12.3. The van der Waals surface area contributed by atoms with Crippen molar-refractivity contribution in [2.75, 3.05) is 6.61 Å². The van der Waals surface area contributed by atoms with E-state index in [4.69, 9.17) is 13.9 Å². The second kappa shape index (κ2) is 11.7. The molecule has 4 fully saturated rings. The Morgan fingerprint density at radius 3 is 2.12 bits per heavy atom. The molecule has 0 amide bonds. The van der Waals surface area contributed by atoms with Crippen molar-refractivity contribution in [2.24, 2.45) is 34.5 Å². The topological polar surface area (TPSA) is 44.8 Å². The van der Waals surface area contributed by atoms with Gasteiger partial charge in [-0.3, -0.25) is 0 Å². The average molecular weight is 662 g/mol. The van der Waals surface area contributed by atoms with Crippen LogP contribution in [0.15, 0.2) is 30.3 Å². The molecule has 1 saturated heterocycles. The first kappa shape index (κ1) is 32.9. The zero-order chi connectivity index (χ0) is 30.8. The molecule has 5 rings (SSSR count). The van der Waals surface area contributed by atoms with Crippen LogP contribution in [0.2, 0.25) is 21.4 Å². The number of ether oxygens (including phenoxy) is 2. The molecule has 1 aromatic carbocycles. The number of hydrogen-bond acceptors (Lipinski definition) is 4. The van der Waals surface area contributed by atoms with Crippen molar-refractivity contribution < 1.29 is 18.7 Å². The van der Waals surface area contributed by atoms with Gasteiger partial charge in [0.2, 0.25) is 0 Å². The number of carbonyl (C=O) groups is 1.